The van der Waals surface area contributed by atoms with E-state index in [1.54, 1.807) is 10.8 Å². The summed E-state index contributed by atoms with van der Waals surface area (Å²) in [6, 6.07) is 4.03. The van der Waals surface area contributed by atoms with Gasteiger partial charge in [-0.05, 0) is 13.0 Å². The molecule has 0 saturated carbocycles. The Hall–Kier alpha value is -2.97. The summed E-state index contributed by atoms with van der Waals surface area (Å²) in [7, 11) is 3.90. The summed E-state index contributed by atoms with van der Waals surface area (Å²) < 4.78 is 1.80. The van der Waals surface area contributed by atoms with Gasteiger partial charge in [-0.3, -0.25) is 0 Å². The molecule has 4 heterocycles. The van der Waals surface area contributed by atoms with Gasteiger partial charge in [-0.25, -0.2) is 9.97 Å². The van der Waals surface area contributed by atoms with E-state index in [1.807, 2.05) is 38.2 Å². The molecule has 3 aromatic heterocycles. The molecule has 130 valence electrons. The maximum atomic E-state index is 4.63. The highest BCUT2D eigenvalue weighted by Crippen LogP contribution is 2.20. The van der Waals surface area contributed by atoms with E-state index in [0.717, 1.165) is 49.5 Å². The van der Waals surface area contributed by atoms with Crippen LogP contribution >= 0.6 is 0 Å². The van der Waals surface area contributed by atoms with E-state index in [4.69, 9.17) is 0 Å². The fourth-order valence-electron chi connectivity index (χ4n) is 3.03. The molecular formula is C16H21N9. The van der Waals surface area contributed by atoms with Crippen LogP contribution in [0.4, 0.5) is 17.6 Å². The molecule has 0 radical (unpaired) electrons. The number of piperazine rings is 1. The average Bonchev–Trinajstić information content (AvgIpc) is 3.09. The van der Waals surface area contributed by atoms with Crippen molar-refractivity contribution in [1.29, 1.82) is 0 Å². The highest BCUT2D eigenvalue weighted by atomic mass is 15.4. The molecule has 9 heteroatoms. The molecule has 0 aromatic carbocycles. The second-order valence-corrected chi connectivity index (χ2v) is 6.31. The molecule has 1 saturated heterocycles. The van der Waals surface area contributed by atoms with Gasteiger partial charge in [0.1, 0.15) is 18.0 Å². The number of aryl methyl sites for hydroxylation is 1. The van der Waals surface area contributed by atoms with Gasteiger partial charge in [0.05, 0.1) is 0 Å². The van der Waals surface area contributed by atoms with E-state index in [2.05, 4.69) is 40.9 Å². The average molecular weight is 339 g/mol. The van der Waals surface area contributed by atoms with Gasteiger partial charge in [0, 0.05) is 58.2 Å². The quantitative estimate of drug-likeness (QED) is 0.687. The largest absolute Gasteiger partial charge is 0.353 e. The zero-order valence-electron chi connectivity index (χ0n) is 14.7. The van der Waals surface area contributed by atoms with Crippen molar-refractivity contribution in [2.45, 2.75) is 6.92 Å². The predicted octanol–water partition coefficient (Wildman–Crippen LogP) is 0.615. The van der Waals surface area contributed by atoms with Crippen LogP contribution in [0, 0.1) is 6.92 Å². The van der Waals surface area contributed by atoms with Crippen molar-refractivity contribution >= 4 is 23.4 Å². The zero-order valence-corrected chi connectivity index (χ0v) is 14.7. The number of rotatable bonds is 3. The van der Waals surface area contributed by atoms with Gasteiger partial charge < -0.3 is 14.7 Å². The molecule has 0 unspecified atom stereocenters. The topological polar surface area (TPSA) is 78.6 Å². The molecule has 1 aliphatic heterocycles. The maximum Gasteiger partial charge on any atom is 0.254 e. The van der Waals surface area contributed by atoms with Crippen molar-refractivity contribution in [1.82, 2.24) is 29.5 Å². The third-order valence-electron chi connectivity index (χ3n) is 4.32. The lowest BCUT2D eigenvalue weighted by atomic mass is 10.3. The Morgan fingerprint density at radius 3 is 2.52 bits per heavy atom. The molecule has 0 bridgehead atoms. The minimum absolute atomic E-state index is 0.642. The van der Waals surface area contributed by atoms with Crippen LogP contribution in [0.25, 0.3) is 5.78 Å². The number of hydrogen-bond acceptors (Lipinski definition) is 8. The van der Waals surface area contributed by atoms with Crippen LogP contribution in [0.5, 0.6) is 0 Å². The summed E-state index contributed by atoms with van der Waals surface area (Å²) >= 11 is 0. The van der Waals surface area contributed by atoms with E-state index >= 15 is 0 Å². The normalized spacial score (nSPS) is 15.0. The molecule has 0 spiro atoms. The van der Waals surface area contributed by atoms with Crippen molar-refractivity contribution in [3.63, 3.8) is 0 Å². The smallest absolute Gasteiger partial charge is 0.254 e. The Bertz CT molecular complexity index is 880. The van der Waals surface area contributed by atoms with E-state index in [-0.39, 0.29) is 0 Å². The molecule has 1 fully saturated rings. The second kappa shape index (κ2) is 6.15. The summed E-state index contributed by atoms with van der Waals surface area (Å²) in [4.78, 5) is 24.1. The molecule has 1 aliphatic rings. The van der Waals surface area contributed by atoms with Crippen LogP contribution in [-0.4, -0.2) is 69.8 Å². The van der Waals surface area contributed by atoms with E-state index < -0.39 is 0 Å². The fraction of sp³-hybridized carbons (Fsp3) is 0.438. The third-order valence-corrected chi connectivity index (χ3v) is 4.32. The zero-order chi connectivity index (χ0) is 17.4. The number of aromatic nitrogens is 6. The monoisotopic (exact) mass is 339 g/mol. The van der Waals surface area contributed by atoms with Crippen LogP contribution in [-0.2, 0) is 0 Å². The third kappa shape index (κ3) is 2.92. The van der Waals surface area contributed by atoms with E-state index in [0.29, 0.717) is 5.78 Å². The maximum absolute atomic E-state index is 4.63. The molecule has 0 atom stereocenters. The summed E-state index contributed by atoms with van der Waals surface area (Å²) in [6.07, 6.45) is 3.36. The lowest BCUT2D eigenvalue weighted by Gasteiger charge is -2.36. The van der Waals surface area contributed by atoms with Crippen molar-refractivity contribution in [2.75, 3.05) is 55.0 Å². The molecule has 0 aliphatic carbocycles. The Kier molecular flexibility index (Phi) is 3.83. The van der Waals surface area contributed by atoms with Gasteiger partial charge in [0.15, 0.2) is 0 Å². The van der Waals surface area contributed by atoms with Gasteiger partial charge in [-0.15, -0.1) is 0 Å². The molecule has 9 nitrogen and oxygen atoms in total. The highest BCUT2D eigenvalue weighted by molar-refractivity contribution is 5.50. The summed E-state index contributed by atoms with van der Waals surface area (Å²) in [5.41, 5.74) is 0.948. The summed E-state index contributed by atoms with van der Waals surface area (Å²) in [6.45, 7) is 5.54. The lowest BCUT2D eigenvalue weighted by Crippen LogP contribution is -2.47. The first-order chi connectivity index (χ1) is 12.1. The van der Waals surface area contributed by atoms with Gasteiger partial charge in [0.2, 0.25) is 5.95 Å². The van der Waals surface area contributed by atoms with Crippen LogP contribution in [0.15, 0.2) is 24.7 Å². The molecule has 0 N–H and O–H groups in total. The van der Waals surface area contributed by atoms with E-state index in [1.165, 1.54) is 0 Å². The first-order valence-electron chi connectivity index (χ1n) is 8.29. The minimum Gasteiger partial charge on any atom is -0.353 e. The van der Waals surface area contributed by atoms with Gasteiger partial charge in [-0.1, -0.05) is 0 Å². The standard InChI is InChI=1S/C16H21N9/c1-12-10-14(25-16(20-12)18-11-19-25)24-8-6-23(7-9-24)13-4-5-17-15(21-13)22(2)3/h4-5,10-11H,6-9H2,1-3H3. The second-order valence-electron chi connectivity index (χ2n) is 6.31. The van der Waals surface area contributed by atoms with Crippen molar-refractivity contribution in [3.05, 3.63) is 30.4 Å². The predicted molar refractivity (Wildman–Crippen MR) is 96.3 cm³/mol. The summed E-state index contributed by atoms with van der Waals surface area (Å²) in [5.74, 6) is 3.38. The Labute approximate surface area is 146 Å². The number of fused-ring (bicyclic) bond motifs is 1. The molecule has 3 aromatic rings. The van der Waals surface area contributed by atoms with Crippen LogP contribution < -0.4 is 14.7 Å². The SMILES string of the molecule is Cc1cc(N2CCN(c3ccnc(N(C)C)n3)CC2)n2ncnc2n1. The van der Waals surface area contributed by atoms with Crippen molar-refractivity contribution in [2.24, 2.45) is 0 Å². The highest BCUT2D eigenvalue weighted by Gasteiger charge is 2.21. The summed E-state index contributed by atoms with van der Waals surface area (Å²) in [5, 5.41) is 4.30. The van der Waals surface area contributed by atoms with Crippen molar-refractivity contribution < 1.29 is 0 Å². The first-order valence-corrected chi connectivity index (χ1v) is 8.29. The molecular weight excluding hydrogens is 318 g/mol. The Balaban J connectivity index is 1.53. The van der Waals surface area contributed by atoms with Crippen LogP contribution in [0.1, 0.15) is 5.69 Å². The van der Waals surface area contributed by atoms with Gasteiger partial charge in [0.25, 0.3) is 5.78 Å². The first kappa shape index (κ1) is 15.6. The van der Waals surface area contributed by atoms with Gasteiger partial charge in [-0.2, -0.15) is 19.6 Å². The number of hydrogen-bond donors (Lipinski definition) is 0. The molecule has 4 rings (SSSR count). The van der Waals surface area contributed by atoms with Crippen LogP contribution in [0.3, 0.4) is 0 Å². The Morgan fingerprint density at radius 2 is 1.76 bits per heavy atom. The van der Waals surface area contributed by atoms with E-state index in [9.17, 15) is 0 Å². The number of nitrogens with zero attached hydrogens (tertiary/aromatic N) is 9. The lowest BCUT2D eigenvalue weighted by molar-refractivity contribution is 0.632. The molecule has 0 amide bonds. The van der Waals surface area contributed by atoms with Crippen LogP contribution in [0.2, 0.25) is 0 Å². The Morgan fingerprint density at radius 1 is 1.00 bits per heavy atom. The minimum atomic E-state index is 0.642. The fourth-order valence-corrected chi connectivity index (χ4v) is 3.03. The van der Waals surface area contributed by atoms with Crippen molar-refractivity contribution in [3.8, 4) is 0 Å². The molecule has 25 heavy (non-hydrogen) atoms. The number of anilines is 3. The van der Waals surface area contributed by atoms with Gasteiger partial charge >= 0.3 is 0 Å².